The van der Waals surface area contributed by atoms with Crippen LogP contribution >= 0.6 is 0 Å². The lowest BCUT2D eigenvalue weighted by Crippen LogP contribution is -2.32. The van der Waals surface area contributed by atoms with Crippen molar-refractivity contribution in [3.05, 3.63) is 54.1 Å². The number of carbonyl (C=O) groups excluding carboxylic acids is 1. The molecule has 0 spiro atoms. The molecule has 1 unspecified atom stereocenters. The molecule has 3 N–H and O–H groups in total. The zero-order chi connectivity index (χ0) is 14.7. The Labute approximate surface area is 121 Å². The van der Waals surface area contributed by atoms with Crippen LogP contribution in [-0.2, 0) is 4.79 Å². The van der Waals surface area contributed by atoms with Crippen LogP contribution in [0.1, 0.15) is 24.3 Å². The monoisotopic (exact) mass is 282 g/mol. The molecule has 2 aromatic rings. The lowest BCUT2D eigenvalue weighted by Gasteiger charge is -2.08. The molecule has 7 nitrogen and oxygen atoms in total. The van der Waals surface area contributed by atoms with E-state index in [-0.39, 0.29) is 12.1 Å². The fourth-order valence-electron chi connectivity index (χ4n) is 1.99. The minimum absolute atomic E-state index is 0.0913. The maximum atomic E-state index is 11.0. The number of hydrogen-bond acceptors (Lipinski definition) is 6. The second kappa shape index (κ2) is 5.68. The van der Waals surface area contributed by atoms with E-state index in [2.05, 4.69) is 31.1 Å². The van der Waals surface area contributed by atoms with Crippen LogP contribution in [0.2, 0.25) is 0 Å². The topological polar surface area (TPSA) is 91.3 Å². The van der Waals surface area contributed by atoms with Gasteiger partial charge in [-0.1, -0.05) is 12.1 Å². The normalized spacial score (nSPS) is 17.0. The maximum absolute atomic E-state index is 11.0. The highest BCUT2D eigenvalue weighted by molar-refractivity contribution is 5.97. The molecular weight excluding hydrogens is 268 g/mol. The summed E-state index contributed by atoms with van der Waals surface area (Å²) in [6.45, 7) is 1.48. The van der Waals surface area contributed by atoms with Gasteiger partial charge in [0.25, 0.3) is 0 Å². The summed E-state index contributed by atoms with van der Waals surface area (Å²) < 4.78 is 0. The van der Waals surface area contributed by atoms with Crippen molar-refractivity contribution >= 4 is 17.4 Å². The van der Waals surface area contributed by atoms with Crippen molar-refractivity contribution in [1.82, 2.24) is 20.8 Å². The summed E-state index contributed by atoms with van der Waals surface area (Å²) in [6, 6.07) is 7.50. The molecular formula is C14H14N6O. The highest BCUT2D eigenvalue weighted by atomic mass is 16.1. The highest BCUT2D eigenvalue weighted by Crippen LogP contribution is 2.20. The van der Waals surface area contributed by atoms with Crippen LogP contribution in [0.25, 0.3) is 0 Å². The average molecular weight is 282 g/mol. The molecule has 0 bridgehead atoms. The van der Waals surface area contributed by atoms with Crippen molar-refractivity contribution in [2.24, 2.45) is 4.99 Å². The lowest BCUT2D eigenvalue weighted by molar-refractivity contribution is -0.114. The molecule has 1 aliphatic heterocycles. The summed E-state index contributed by atoms with van der Waals surface area (Å²) in [5.74, 6) is 0.561. The van der Waals surface area contributed by atoms with Crippen molar-refractivity contribution < 1.29 is 4.79 Å². The molecule has 2 heterocycles. The molecule has 106 valence electrons. The Kier molecular flexibility index (Phi) is 3.57. The zero-order valence-corrected chi connectivity index (χ0v) is 11.4. The summed E-state index contributed by atoms with van der Waals surface area (Å²) in [5, 5.41) is 2.73. The first-order valence-corrected chi connectivity index (χ1v) is 6.45. The number of aliphatic imine (C=N–C) groups is 1. The third-order valence-electron chi connectivity index (χ3n) is 2.94. The third kappa shape index (κ3) is 3.03. The summed E-state index contributed by atoms with van der Waals surface area (Å²) in [5.41, 5.74) is 8.49. The van der Waals surface area contributed by atoms with E-state index in [9.17, 15) is 4.79 Å². The summed E-state index contributed by atoms with van der Waals surface area (Å²) in [6.07, 6.45) is 4.68. The minimum atomic E-state index is -0.201. The number of anilines is 1. The van der Waals surface area contributed by atoms with Gasteiger partial charge in [-0.3, -0.25) is 9.78 Å². The number of aromatic nitrogens is 2. The molecule has 3 rings (SSSR count). The number of hydrazine groups is 1. The van der Waals surface area contributed by atoms with Crippen LogP contribution in [0.5, 0.6) is 0 Å². The molecule has 0 saturated carbocycles. The lowest BCUT2D eigenvalue weighted by atomic mass is 10.1. The van der Waals surface area contributed by atoms with Gasteiger partial charge < -0.3 is 10.7 Å². The Bertz CT molecular complexity index is 668. The number of rotatable bonds is 3. The quantitative estimate of drug-likeness (QED) is 0.781. The molecule has 1 amide bonds. The Morgan fingerprint density at radius 2 is 2.05 bits per heavy atom. The zero-order valence-electron chi connectivity index (χ0n) is 11.4. The van der Waals surface area contributed by atoms with Gasteiger partial charge in [-0.25, -0.2) is 15.4 Å². The number of nitrogens with zero attached hydrogens (tertiary/aromatic N) is 3. The molecule has 0 saturated heterocycles. The van der Waals surface area contributed by atoms with Crippen LogP contribution in [0.15, 0.2) is 47.8 Å². The number of carbonyl (C=O) groups is 1. The van der Waals surface area contributed by atoms with Gasteiger partial charge in [-0.2, -0.15) is 0 Å². The van der Waals surface area contributed by atoms with Crippen LogP contribution in [-0.4, -0.2) is 21.7 Å². The van der Waals surface area contributed by atoms with E-state index in [1.807, 2.05) is 24.3 Å². The van der Waals surface area contributed by atoms with Gasteiger partial charge >= 0.3 is 0 Å². The van der Waals surface area contributed by atoms with Crippen LogP contribution < -0.4 is 16.2 Å². The van der Waals surface area contributed by atoms with Gasteiger partial charge in [0.15, 0.2) is 5.84 Å². The molecule has 1 aliphatic rings. The second-order valence-electron chi connectivity index (χ2n) is 4.54. The number of amides is 1. The smallest absolute Gasteiger partial charge is 0.221 e. The standard InChI is InChI=1S/C14H14N6O/c1-9(21)17-11-4-2-10(3-5-11)13-18-14(20-19-13)12-8-15-6-7-16-12/h2-8,13,19H,1H3,(H,17,21)(H,18,20). The summed E-state index contributed by atoms with van der Waals surface area (Å²) in [7, 11) is 0. The molecule has 7 heteroatoms. The molecule has 21 heavy (non-hydrogen) atoms. The SMILES string of the molecule is CC(=O)Nc1ccc(C2N=C(c3cnccn3)NN2)cc1. The summed E-state index contributed by atoms with van der Waals surface area (Å²) >= 11 is 0. The van der Waals surface area contributed by atoms with Crippen LogP contribution in [0.4, 0.5) is 5.69 Å². The van der Waals surface area contributed by atoms with E-state index in [0.29, 0.717) is 11.5 Å². The number of nitrogens with one attached hydrogen (secondary N) is 3. The van der Waals surface area contributed by atoms with Crippen LogP contribution in [0, 0.1) is 0 Å². The summed E-state index contributed by atoms with van der Waals surface area (Å²) in [4.78, 5) is 23.7. The Balaban J connectivity index is 1.76. The van der Waals surface area contributed by atoms with Gasteiger partial charge in [0.05, 0.1) is 6.20 Å². The first-order valence-electron chi connectivity index (χ1n) is 6.45. The van der Waals surface area contributed by atoms with Crippen molar-refractivity contribution in [3.63, 3.8) is 0 Å². The number of hydrogen-bond donors (Lipinski definition) is 3. The molecule has 1 aromatic carbocycles. The minimum Gasteiger partial charge on any atom is -0.326 e. The van der Waals surface area contributed by atoms with E-state index in [1.165, 1.54) is 6.92 Å². The third-order valence-corrected chi connectivity index (χ3v) is 2.94. The van der Waals surface area contributed by atoms with Crippen LogP contribution in [0.3, 0.4) is 0 Å². The van der Waals surface area contributed by atoms with Gasteiger partial charge in [-0.05, 0) is 17.7 Å². The molecule has 0 aliphatic carbocycles. The van der Waals surface area contributed by atoms with Gasteiger partial charge in [-0.15, -0.1) is 0 Å². The Morgan fingerprint density at radius 3 is 2.71 bits per heavy atom. The van der Waals surface area contributed by atoms with E-state index in [0.717, 1.165) is 11.3 Å². The molecule has 1 atom stereocenters. The molecule has 0 fully saturated rings. The molecule has 0 radical (unpaired) electrons. The van der Waals surface area contributed by atoms with Crippen molar-refractivity contribution in [3.8, 4) is 0 Å². The number of amidine groups is 1. The van der Waals surface area contributed by atoms with Gasteiger partial charge in [0.1, 0.15) is 11.9 Å². The average Bonchev–Trinajstić information content (AvgIpc) is 2.98. The van der Waals surface area contributed by atoms with Gasteiger partial charge in [0.2, 0.25) is 5.91 Å². The first kappa shape index (κ1) is 13.2. The largest absolute Gasteiger partial charge is 0.326 e. The van der Waals surface area contributed by atoms with Crippen molar-refractivity contribution in [2.45, 2.75) is 13.1 Å². The fourth-order valence-corrected chi connectivity index (χ4v) is 1.99. The highest BCUT2D eigenvalue weighted by Gasteiger charge is 2.19. The maximum Gasteiger partial charge on any atom is 0.221 e. The Morgan fingerprint density at radius 1 is 1.24 bits per heavy atom. The van der Waals surface area contributed by atoms with Crippen molar-refractivity contribution in [2.75, 3.05) is 5.32 Å². The predicted molar refractivity (Wildman–Crippen MR) is 78.3 cm³/mol. The Hall–Kier alpha value is -2.80. The predicted octanol–water partition coefficient (Wildman–Crippen LogP) is 0.988. The first-order chi connectivity index (χ1) is 10.2. The second-order valence-corrected chi connectivity index (χ2v) is 4.54. The van der Waals surface area contributed by atoms with E-state index in [4.69, 9.17) is 0 Å². The van der Waals surface area contributed by atoms with E-state index in [1.54, 1.807) is 18.6 Å². The molecule has 1 aromatic heterocycles. The van der Waals surface area contributed by atoms with Gasteiger partial charge in [0, 0.05) is 25.0 Å². The number of benzene rings is 1. The fraction of sp³-hybridized carbons (Fsp3) is 0.143. The van der Waals surface area contributed by atoms with E-state index < -0.39 is 0 Å². The van der Waals surface area contributed by atoms with E-state index >= 15 is 0 Å². The van der Waals surface area contributed by atoms with Crippen molar-refractivity contribution in [1.29, 1.82) is 0 Å².